The second kappa shape index (κ2) is 3.94. The normalized spacial score (nSPS) is 30.2. The van der Waals surface area contributed by atoms with Crippen molar-refractivity contribution >= 4 is 0 Å². The maximum Gasteiger partial charge on any atom is 0.389 e. The van der Waals surface area contributed by atoms with Gasteiger partial charge in [-0.2, -0.15) is 13.2 Å². The van der Waals surface area contributed by atoms with Gasteiger partial charge in [0.05, 0.1) is 12.2 Å². The van der Waals surface area contributed by atoms with E-state index in [2.05, 4.69) is 5.32 Å². The van der Waals surface area contributed by atoms with Gasteiger partial charge >= 0.3 is 6.18 Å². The highest BCUT2D eigenvalue weighted by molar-refractivity contribution is 5.01. The van der Waals surface area contributed by atoms with Crippen molar-refractivity contribution in [1.29, 1.82) is 0 Å². The molecule has 1 saturated heterocycles. The number of nitrogens with one attached hydrogen (secondary N) is 1. The van der Waals surface area contributed by atoms with E-state index in [1.165, 1.54) is 0 Å². The monoisotopic (exact) mass is 223 g/mol. The maximum absolute atomic E-state index is 12.1. The van der Waals surface area contributed by atoms with Gasteiger partial charge in [0, 0.05) is 19.0 Å². The molecule has 1 N–H and O–H groups in total. The summed E-state index contributed by atoms with van der Waals surface area (Å²) in [6.07, 6.45) is -1.74. The summed E-state index contributed by atoms with van der Waals surface area (Å²) in [5.74, 6) is 0. The van der Waals surface area contributed by atoms with Crippen LogP contribution in [0.5, 0.6) is 0 Å². The highest BCUT2D eigenvalue weighted by atomic mass is 19.4. The topological polar surface area (TPSA) is 21.3 Å². The molecule has 0 amide bonds. The lowest BCUT2D eigenvalue weighted by Gasteiger charge is -2.50. The van der Waals surface area contributed by atoms with Crippen molar-refractivity contribution in [3.63, 3.8) is 0 Å². The molecule has 1 atom stereocenters. The van der Waals surface area contributed by atoms with Crippen LogP contribution in [0.1, 0.15) is 32.1 Å². The standard InChI is InChI=1S/C10H16F3NO/c11-10(12,13)5-2-8-9(3-1-4-9)15-7-6-14-8/h8,14H,1-7H2. The fourth-order valence-electron chi connectivity index (χ4n) is 2.47. The summed E-state index contributed by atoms with van der Waals surface area (Å²) in [6, 6.07) is -0.110. The zero-order valence-corrected chi connectivity index (χ0v) is 8.57. The summed E-state index contributed by atoms with van der Waals surface area (Å²) in [7, 11) is 0. The maximum atomic E-state index is 12.1. The van der Waals surface area contributed by atoms with E-state index in [4.69, 9.17) is 4.74 Å². The Kier molecular flexibility index (Phi) is 2.94. The number of morpholine rings is 1. The van der Waals surface area contributed by atoms with Crippen molar-refractivity contribution in [2.24, 2.45) is 0 Å². The molecule has 2 fully saturated rings. The lowest BCUT2D eigenvalue weighted by Crippen LogP contribution is -2.61. The van der Waals surface area contributed by atoms with Gasteiger partial charge in [0.25, 0.3) is 0 Å². The molecular weight excluding hydrogens is 207 g/mol. The highest BCUT2D eigenvalue weighted by Gasteiger charge is 2.47. The van der Waals surface area contributed by atoms with Gasteiger partial charge in [-0.15, -0.1) is 0 Å². The van der Waals surface area contributed by atoms with Crippen LogP contribution < -0.4 is 5.32 Å². The Morgan fingerprint density at radius 2 is 2.07 bits per heavy atom. The first-order valence-electron chi connectivity index (χ1n) is 5.46. The van der Waals surface area contributed by atoms with Crippen LogP contribution in [0.2, 0.25) is 0 Å². The van der Waals surface area contributed by atoms with Gasteiger partial charge in [0.2, 0.25) is 0 Å². The molecule has 0 aromatic carbocycles. The predicted molar refractivity (Wildman–Crippen MR) is 49.6 cm³/mol. The molecule has 0 radical (unpaired) electrons. The van der Waals surface area contributed by atoms with Crippen molar-refractivity contribution in [1.82, 2.24) is 5.32 Å². The largest absolute Gasteiger partial charge is 0.389 e. The molecule has 1 aliphatic heterocycles. The zero-order valence-electron chi connectivity index (χ0n) is 8.57. The first-order chi connectivity index (χ1) is 7.02. The van der Waals surface area contributed by atoms with Crippen LogP contribution in [0.3, 0.4) is 0 Å². The van der Waals surface area contributed by atoms with E-state index in [1.54, 1.807) is 0 Å². The average Bonchev–Trinajstić information content (AvgIpc) is 2.11. The fraction of sp³-hybridized carbons (Fsp3) is 1.00. The second-order valence-corrected chi connectivity index (χ2v) is 4.43. The van der Waals surface area contributed by atoms with Gasteiger partial charge in [-0.3, -0.25) is 0 Å². The molecule has 2 aliphatic rings. The Morgan fingerprint density at radius 1 is 1.33 bits per heavy atom. The molecule has 1 saturated carbocycles. The first-order valence-corrected chi connectivity index (χ1v) is 5.46. The van der Waals surface area contributed by atoms with Gasteiger partial charge in [-0.25, -0.2) is 0 Å². The summed E-state index contributed by atoms with van der Waals surface area (Å²) in [5.41, 5.74) is -0.274. The Balaban J connectivity index is 1.88. The van der Waals surface area contributed by atoms with E-state index in [1.807, 2.05) is 0 Å². The van der Waals surface area contributed by atoms with Crippen molar-refractivity contribution < 1.29 is 17.9 Å². The second-order valence-electron chi connectivity index (χ2n) is 4.43. The van der Waals surface area contributed by atoms with Crippen LogP contribution in [-0.2, 0) is 4.74 Å². The average molecular weight is 223 g/mol. The number of rotatable bonds is 2. The van der Waals surface area contributed by atoms with E-state index in [9.17, 15) is 13.2 Å². The minimum absolute atomic E-state index is 0.110. The summed E-state index contributed by atoms with van der Waals surface area (Å²) >= 11 is 0. The Hall–Kier alpha value is -0.290. The fourth-order valence-corrected chi connectivity index (χ4v) is 2.47. The lowest BCUT2D eigenvalue weighted by molar-refractivity contribution is -0.165. The summed E-state index contributed by atoms with van der Waals surface area (Å²) < 4.78 is 42.0. The smallest absolute Gasteiger partial charge is 0.372 e. The minimum Gasteiger partial charge on any atom is -0.372 e. The van der Waals surface area contributed by atoms with Crippen LogP contribution in [0.25, 0.3) is 0 Å². The lowest BCUT2D eigenvalue weighted by atomic mass is 9.72. The van der Waals surface area contributed by atoms with E-state index in [-0.39, 0.29) is 18.1 Å². The summed E-state index contributed by atoms with van der Waals surface area (Å²) in [6.45, 7) is 1.30. The number of hydrogen-bond donors (Lipinski definition) is 1. The van der Waals surface area contributed by atoms with Crippen molar-refractivity contribution in [3.8, 4) is 0 Å². The quantitative estimate of drug-likeness (QED) is 0.775. The van der Waals surface area contributed by atoms with Crippen LogP contribution in [0.15, 0.2) is 0 Å². The summed E-state index contributed by atoms with van der Waals surface area (Å²) in [5, 5.41) is 3.16. The molecule has 1 spiro atoms. The van der Waals surface area contributed by atoms with Gasteiger partial charge < -0.3 is 10.1 Å². The molecule has 88 valence electrons. The third-order valence-electron chi connectivity index (χ3n) is 3.43. The van der Waals surface area contributed by atoms with Crippen molar-refractivity contribution in [2.45, 2.75) is 49.9 Å². The molecule has 15 heavy (non-hydrogen) atoms. The molecule has 0 aromatic rings. The van der Waals surface area contributed by atoms with Crippen molar-refractivity contribution in [2.75, 3.05) is 13.2 Å². The van der Waals surface area contributed by atoms with E-state index >= 15 is 0 Å². The van der Waals surface area contributed by atoms with Crippen LogP contribution in [0, 0.1) is 0 Å². The number of hydrogen-bond acceptors (Lipinski definition) is 2. The highest BCUT2D eigenvalue weighted by Crippen LogP contribution is 2.42. The molecule has 2 nitrogen and oxygen atoms in total. The third-order valence-corrected chi connectivity index (χ3v) is 3.43. The summed E-state index contributed by atoms with van der Waals surface area (Å²) in [4.78, 5) is 0. The predicted octanol–water partition coefficient (Wildman–Crippen LogP) is 2.24. The molecule has 5 heteroatoms. The number of alkyl halides is 3. The molecule has 1 aliphatic carbocycles. The molecule has 1 unspecified atom stereocenters. The van der Waals surface area contributed by atoms with E-state index < -0.39 is 12.6 Å². The van der Waals surface area contributed by atoms with Gasteiger partial charge in [0.1, 0.15) is 0 Å². The Labute approximate surface area is 87.2 Å². The minimum atomic E-state index is -4.05. The number of halogens is 3. The van der Waals surface area contributed by atoms with Crippen LogP contribution >= 0.6 is 0 Å². The van der Waals surface area contributed by atoms with Gasteiger partial charge in [0.15, 0.2) is 0 Å². The Bertz CT molecular complexity index is 225. The van der Waals surface area contributed by atoms with E-state index in [0.717, 1.165) is 19.3 Å². The van der Waals surface area contributed by atoms with Crippen molar-refractivity contribution in [3.05, 3.63) is 0 Å². The Morgan fingerprint density at radius 3 is 2.60 bits per heavy atom. The van der Waals surface area contributed by atoms with Gasteiger partial charge in [-0.1, -0.05) is 0 Å². The van der Waals surface area contributed by atoms with Gasteiger partial charge in [-0.05, 0) is 25.7 Å². The van der Waals surface area contributed by atoms with Crippen LogP contribution in [0.4, 0.5) is 13.2 Å². The zero-order chi connectivity index (χ0) is 10.9. The number of ether oxygens (including phenoxy) is 1. The molecular formula is C10H16F3NO. The SMILES string of the molecule is FC(F)(F)CCC1NCCOC12CCC2. The third kappa shape index (κ3) is 2.45. The molecule has 0 aromatic heterocycles. The first kappa shape index (κ1) is 11.2. The van der Waals surface area contributed by atoms with Crippen LogP contribution in [-0.4, -0.2) is 31.0 Å². The van der Waals surface area contributed by atoms with E-state index in [0.29, 0.717) is 13.2 Å². The molecule has 2 rings (SSSR count). The molecule has 0 bridgehead atoms. The molecule has 1 heterocycles.